The number of halogens is 2. The molecule has 0 saturated heterocycles. The van der Waals surface area contributed by atoms with Gasteiger partial charge in [-0.3, -0.25) is 9.59 Å². The number of carbonyl (C=O) groups is 1. The van der Waals surface area contributed by atoms with Crippen molar-refractivity contribution in [2.75, 3.05) is 6.61 Å². The molecular weight excluding hydrogens is 570 g/mol. The SMILES string of the molecule is CCOc1cc(C)c(-c2nc3ccccc3c(=O)n2N=Cc2cc(Cl)c(OC(C)=O)c(Br)c2)cc1C(C)C. The van der Waals surface area contributed by atoms with E-state index in [9.17, 15) is 9.59 Å². The van der Waals surface area contributed by atoms with Crippen LogP contribution in [-0.4, -0.2) is 28.5 Å². The summed E-state index contributed by atoms with van der Waals surface area (Å²) >= 11 is 9.73. The smallest absolute Gasteiger partial charge is 0.308 e. The van der Waals surface area contributed by atoms with E-state index in [4.69, 9.17) is 26.1 Å². The molecule has 0 N–H and O–H groups in total. The quantitative estimate of drug-likeness (QED) is 0.129. The summed E-state index contributed by atoms with van der Waals surface area (Å²) in [6, 6.07) is 14.5. The monoisotopic (exact) mass is 595 g/mol. The van der Waals surface area contributed by atoms with Crippen LogP contribution >= 0.6 is 27.5 Å². The number of ether oxygens (including phenoxy) is 2. The number of hydrogen-bond donors (Lipinski definition) is 0. The molecule has 0 atom stereocenters. The second-order valence-corrected chi connectivity index (χ2v) is 10.3. The van der Waals surface area contributed by atoms with Crippen LogP contribution in [0.3, 0.4) is 0 Å². The number of carbonyl (C=O) groups excluding carboxylic acids is 1. The molecule has 4 aromatic rings. The highest BCUT2D eigenvalue weighted by molar-refractivity contribution is 9.10. The van der Waals surface area contributed by atoms with Crippen molar-refractivity contribution < 1.29 is 14.3 Å². The van der Waals surface area contributed by atoms with Crippen LogP contribution in [-0.2, 0) is 4.79 Å². The molecule has 7 nitrogen and oxygen atoms in total. The van der Waals surface area contributed by atoms with E-state index in [1.165, 1.54) is 17.8 Å². The maximum Gasteiger partial charge on any atom is 0.308 e. The van der Waals surface area contributed by atoms with Gasteiger partial charge in [-0.2, -0.15) is 9.78 Å². The highest BCUT2D eigenvalue weighted by atomic mass is 79.9. The van der Waals surface area contributed by atoms with Crippen LogP contribution in [0.15, 0.2) is 62.9 Å². The Hall–Kier alpha value is -3.49. The maximum atomic E-state index is 13.6. The Balaban J connectivity index is 1.92. The average Bonchev–Trinajstić information content (AvgIpc) is 2.85. The maximum absolute atomic E-state index is 13.6. The summed E-state index contributed by atoms with van der Waals surface area (Å²) in [5, 5.41) is 5.22. The van der Waals surface area contributed by atoms with Gasteiger partial charge in [0.2, 0.25) is 0 Å². The van der Waals surface area contributed by atoms with Gasteiger partial charge in [-0.05, 0) is 88.8 Å². The molecule has 0 aliphatic rings. The van der Waals surface area contributed by atoms with Gasteiger partial charge in [0.1, 0.15) is 5.75 Å². The van der Waals surface area contributed by atoms with Crippen molar-refractivity contribution in [3.8, 4) is 22.9 Å². The van der Waals surface area contributed by atoms with Gasteiger partial charge in [-0.1, -0.05) is 37.6 Å². The number of fused-ring (bicyclic) bond motifs is 1. The van der Waals surface area contributed by atoms with E-state index in [0.717, 1.165) is 22.4 Å². The molecule has 0 aliphatic carbocycles. The Morgan fingerprint density at radius 1 is 1.21 bits per heavy atom. The fourth-order valence-electron chi connectivity index (χ4n) is 4.10. The number of esters is 1. The molecule has 0 unspecified atom stereocenters. The van der Waals surface area contributed by atoms with Crippen molar-refractivity contribution in [2.45, 2.75) is 40.5 Å². The second kappa shape index (κ2) is 11.5. The third-order valence-corrected chi connectivity index (χ3v) is 6.73. The van der Waals surface area contributed by atoms with Crippen LogP contribution in [0.5, 0.6) is 11.5 Å². The molecule has 3 aromatic carbocycles. The Labute approximate surface area is 234 Å². The number of hydrogen-bond acceptors (Lipinski definition) is 6. The number of aryl methyl sites for hydroxylation is 1. The van der Waals surface area contributed by atoms with Crippen molar-refractivity contribution >= 4 is 50.6 Å². The largest absolute Gasteiger partial charge is 0.494 e. The molecule has 1 aromatic heterocycles. The minimum atomic E-state index is -0.487. The first-order chi connectivity index (χ1) is 18.1. The van der Waals surface area contributed by atoms with Gasteiger partial charge in [0, 0.05) is 12.5 Å². The molecule has 0 radical (unpaired) electrons. The van der Waals surface area contributed by atoms with E-state index in [0.29, 0.717) is 33.4 Å². The minimum Gasteiger partial charge on any atom is -0.494 e. The molecule has 0 spiro atoms. The van der Waals surface area contributed by atoms with E-state index in [2.05, 4.69) is 34.9 Å². The van der Waals surface area contributed by atoms with Crippen molar-refractivity contribution in [3.63, 3.8) is 0 Å². The summed E-state index contributed by atoms with van der Waals surface area (Å²) in [5.74, 6) is 1.14. The second-order valence-electron chi connectivity index (χ2n) is 9.01. The Morgan fingerprint density at radius 3 is 2.61 bits per heavy atom. The molecule has 0 saturated carbocycles. The fourth-order valence-corrected chi connectivity index (χ4v) is 5.03. The molecule has 196 valence electrons. The summed E-state index contributed by atoms with van der Waals surface area (Å²) in [5.41, 5.74) is 3.57. The highest BCUT2D eigenvalue weighted by Crippen LogP contribution is 2.35. The lowest BCUT2D eigenvalue weighted by atomic mass is 9.96. The summed E-state index contributed by atoms with van der Waals surface area (Å²) in [7, 11) is 0. The van der Waals surface area contributed by atoms with Crippen LogP contribution in [0.25, 0.3) is 22.3 Å². The minimum absolute atomic E-state index is 0.190. The lowest BCUT2D eigenvalue weighted by Gasteiger charge is -2.18. The number of para-hydroxylation sites is 1. The van der Waals surface area contributed by atoms with Crippen LogP contribution in [0, 0.1) is 6.92 Å². The van der Waals surface area contributed by atoms with E-state index in [1.807, 2.05) is 38.1 Å². The molecular formula is C29H27BrClN3O4. The van der Waals surface area contributed by atoms with E-state index < -0.39 is 5.97 Å². The predicted octanol–water partition coefficient (Wildman–Crippen LogP) is 7.12. The third-order valence-electron chi connectivity index (χ3n) is 5.86. The summed E-state index contributed by atoms with van der Waals surface area (Å²) in [4.78, 5) is 29.9. The molecule has 0 amide bonds. The predicted molar refractivity (Wildman–Crippen MR) is 155 cm³/mol. The number of aromatic nitrogens is 2. The first kappa shape index (κ1) is 27.5. The van der Waals surface area contributed by atoms with E-state index in [-0.39, 0.29) is 22.2 Å². The fraction of sp³-hybridized carbons (Fsp3) is 0.241. The van der Waals surface area contributed by atoms with Gasteiger partial charge < -0.3 is 9.47 Å². The first-order valence-corrected chi connectivity index (χ1v) is 13.3. The molecule has 0 fully saturated rings. The molecule has 38 heavy (non-hydrogen) atoms. The number of rotatable bonds is 7. The Morgan fingerprint density at radius 2 is 1.95 bits per heavy atom. The van der Waals surface area contributed by atoms with Crippen molar-refractivity contribution in [2.24, 2.45) is 5.10 Å². The van der Waals surface area contributed by atoms with Crippen LogP contribution in [0.2, 0.25) is 5.02 Å². The van der Waals surface area contributed by atoms with Crippen molar-refractivity contribution in [3.05, 3.63) is 85.1 Å². The molecule has 4 rings (SSSR count). The topological polar surface area (TPSA) is 82.8 Å². The number of benzene rings is 3. The Kier molecular flexibility index (Phi) is 8.33. The van der Waals surface area contributed by atoms with Gasteiger partial charge in [0.15, 0.2) is 11.6 Å². The lowest BCUT2D eigenvalue weighted by Crippen LogP contribution is -2.21. The molecule has 0 bridgehead atoms. The highest BCUT2D eigenvalue weighted by Gasteiger charge is 2.19. The molecule has 1 heterocycles. The third kappa shape index (κ3) is 5.66. The summed E-state index contributed by atoms with van der Waals surface area (Å²) < 4.78 is 12.8. The van der Waals surface area contributed by atoms with Gasteiger partial charge in [-0.25, -0.2) is 4.98 Å². The Bertz CT molecular complexity index is 1610. The van der Waals surface area contributed by atoms with Gasteiger partial charge in [0.25, 0.3) is 5.56 Å². The van der Waals surface area contributed by atoms with Gasteiger partial charge >= 0.3 is 5.97 Å². The molecule has 9 heteroatoms. The zero-order chi connectivity index (χ0) is 27.6. The van der Waals surface area contributed by atoms with Gasteiger partial charge in [0.05, 0.1) is 33.2 Å². The van der Waals surface area contributed by atoms with Crippen molar-refractivity contribution in [1.29, 1.82) is 0 Å². The summed E-state index contributed by atoms with van der Waals surface area (Å²) in [6.07, 6.45) is 1.52. The standard InChI is InChI=1S/C29H27BrClN3O4/c1-6-37-26-11-17(4)22(14-21(26)16(2)3)28-33-25-10-8-7-9-20(25)29(36)34(28)32-15-19-12-23(30)27(24(31)13-19)38-18(5)35/h7-16H,6H2,1-5H3. The zero-order valence-electron chi connectivity index (χ0n) is 21.7. The first-order valence-electron chi connectivity index (χ1n) is 12.1. The van der Waals surface area contributed by atoms with Crippen LogP contribution in [0.1, 0.15) is 50.3 Å². The normalized spacial score (nSPS) is 11.5. The number of nitrogens with zero attached hydrogens (tertiary/aromatic N) is 3. The summed E-state index contributed by atoms with van der Waals surface area (Å²) in [6.45, 7) is 9.95. The average molecular weight is 597 g/mol. The van der Waals surface area contributed by atoms with Crippen LogP contribution in [0.4, 0.5) is 0 Å². The van der Waals surface area contributed by atoms with E-state index in [1.54, 1.807) is 24.3 Å². The lowest BCUT2D eigenvalue weighted by molar-refractivity contribution is -0.131. The molecule has 0 aliphatic heterocycles. The zero-order valence-corrected chi connectivity index (χ0v) is 24.1. The van der Waals surface area contributed by atoms with Crippen LogP contribution < -0.4 is 15.0 Å². The van der Waals surface area contributed by atoms with Gasteiger partial charge in [-0.15, -0.1) is 0 Å². The van der Waals surface area contributed by atoms with E-state index >= 15 is 0 Å². The van der Waals surface area contributed by atoms with Crippen molar-refractivity contribution in [1.82, 2.24) is 9.66 Å².